The van der Waals surface area contributed by atoms with E-state index in [1.54, 1.807) is 18.3 Å². The third-order valence-electron chi connectivity index (χ3n) is 3.54. The van der Waals surface area contributed by atoms with Gasteiger partial charge in [-0.2, -0.15) is 0 Å². The van der Waals surface area contributed by atoms with Crippen molar-refractivity contribution in [3.8, 4) is 22.6 Å². The first-order valence-corrected chi connectivity index (χ1v) is 7.28. The number of aryl methyl sites for hydroxylation is 2. The van der Waals surface area contributed by atoms with Crippen molar-refractivity contribution in [3.05, 3.63) is 66.0 Å². The first kappa shape index (κ1) is 15.6. The van der Waals surface area contributed by atoms with E-state index < -0.39 is 5.97 Å². The molecule has 0 aliphatic heterocycles. The van der Waals surface area contributed by atoms with Crippen LogP contribution in [0.25, 0.3) is 11.1 Å². The number of phenols is 1. The number of ether oxygens (including phenoxy) is 1. The largest absolute Gasteiger partial charge is 0.507 e. The van der Waals surface area contributed by atoms with Crippen LogP contribution in [0, 0.1) is 13.8 Å². The number of nitrogens with zero attached hydrogens (tertiary/aromatic N) is 3. The number of benzene rings is 1. The van der Waals surface area contributed by atoms with E-state index in [0.29, 0.717) is 0 Å². The van der Waals surface area contributed by atoms with Crippen LogP contribution in [0.2, 0.25) is 0 Å². The van der Waals surface area contributed by atoms with Gasteiger partial charge in [0.05, 0.1) is 12.4 Å². The topological polar surface area (TPSA) is 85.2 Å². The van der Waals surface area contributed by atoms with E-state index in [1.165, 1.54) is 18.7 Å². The molecule has 0 radical (unpaired) electrons. The fourth-order valence-electron chi connectivity index (χ4n) is 2.31. The van der Waals surface area contributed by atoms with Gasteiger partial charge in [-0.1, -0.05) is 6.07 Å². The number of rotatable bonds is 3. The maximum atomic E-state index is 12.0. The summed E-state index contributed by atoms with van der Waals surface area (Å²) in [7, 11) is 0. The zero-order valence-corrected chi connectivity index (χ0v) is 13.2. The molecule has 0 amide bonds. The number of carbonyl (C=O) groups excluding carboxylic acids is 1. The Morgan fingerprint density at radius 2 is 1.67 bits per heavy atom. The third-order valence-corrected chi connectivity index (χ3v) is 3.54. The Hall–Kier alpha value is -3.28. The fraction of sp³-hybridized carbons (Fsp3) is 0.111. The van der Waals surface area contributed by atoms with Gasteiger partial charge in [0.25, 0.3) is 0 Å². The number of hydrogen-bond acceptors (Lipinski definition) is 6. The molecular weight excluding hydrogens is 306 g/mol. The van der Waals surface area contributed by atoms with E-state index in [1.807, 2.05) is 26.0 Å². The summed E-state index contributed by atoms with van der Waals surface area (Å²) in [5.41, 5.74) is 3.54. The van der Waals surface area contributed by atoms with Crippen LogP contribution in [0.4, 0.5) is 0 Å². The molecule has 0 saturated carbocycles. The maximum Gasteiger partial charge on any atom is 0.362 e. The summed E-state index contributed by atoms with van der Waals surface area (Å²) in [6.07, 6.45) is 5.76. The van der Waals surface area contributed by atoms with Gasteiger partial charge in [-0.25, -0.2) is 19.7 Å². The number of aromatic nitrogens is 3. The Labute approximate surface area is 138 Å². The van der Waals surface area contributed by atoms with Crippen molar-refractivity contribution >= 4 is 5.97 Å². The van der Waals surface area contributed by atoms with Crippen molar-refractivity contribution in [1.82, 2.24) is 15.0 Å². The number of pyridine rings is 1. The van der Waals surface area contributed by atoms with Gasteiger partial charge in [-0.3, -0.25) is 0 Å². The molecule has 2 heterocycles. The molecular formula is C18H15N3O3. The van der Waals surface area contributed by atoms with Gasteiger partial charge in [0.1, 0.15) is 17.8 Å². The highest BCUT2D eigenvalue weighted by atomic mass is 16.5. The second-order valence-electron chi connectivity index (χ2n) is 5.35. The molecule has 0 aliphatic carbocycles. The zero-order valence-electron chi connectivity index (χ0n) is 13.2. The number of carbonyl (C=O) groups is 1. The van der Waals surface area contributed by atoms with Crippen LogP contribution >= 0.6 is 0 Å². The van der Waals surface area contributed by atoms with E-state index in [2.05, 4.69) is 15.0 Å². The summed E-state index contributed by atoms with van der Waals surface area (Å²) in [6, 6.07) is 7.13. The summed E-state index contributed by atoms with van der Waals surface area (Å²) >= 11 is 0. The monoisotopic (exact) mass is 321 g/mol. The minimum Gasteiger partial charge on any atom is -0.507 e. The summed E-state index contributed by atoms with van der Waals surface area (Å²) in [6.45, 7) is 3.68. The highest BCUT2D eigenvalue weighted by Gasteiger charge is 2.12. The second-order valence-corrected chi connectivity index (χ2v) is 5.35. The number of esters is 1. The molecule has 3 aromatic rings. The zero-order chi connectivity index (χ0) is 17.1. The van der Waals surface area contributed by atoms with Crippen molar-refractivity contribution in [1.29, 1.82) is 0 Å². The molecule has 1 N–H and O–H groups in total. The SMILES string of the molecule is Cc1cc(-c2ccc(C(=O)Oc3cncnc3)nc2)cc(C)c1O. The molecule has 0 bridgehead atoms. The van der Waals surface area contributed by atoms with Gasteiger partial charge >= 0.3 is 5.97 Å². The average Bonchev–Trinajstić information content (AvgIpc) is 2.60. The predicted octanol–water partition coefficient (Wildman–Crippen LogP) is 3.08. The van der Waals surface area contributed by atoms with E-state index in [4.69, 9.17) is 4.74 Å². The highest BCUT2D eigenvalue weighted by molar-refractivity contribution is 5.89. The van der Waals surface area contributed by atoms with Crippen LogP contribution in [0.1, 0.15) is 21.6 Å². The van der Waals surface area contributed by atoms with Gasteiger partial charge in [-0.15, -0.1) is 0 Å². The van der Waals surface area contributed by atoms with Crippen LogP contribution in [0.5, 0.6) is 11.5 Å². The molecule has 0 fully saturated rings. The molecule has 2 aromatic heterocycles. The smallest absolute Gasteiger partial charge is 0.362 e. The molecule has 6 heteroatoms. The van der Waals surface area contributed by atoms with Crippen LogP contribution in [0.3, 0.4) is 0 Å². The van der Waals surface area contributed by atoms with Crippen molar-refractivity contribution in [2.75, 3.05) is 0 Å². The Balaban J connectivity index is 1.82. The highest BCUT2D eigenvalue weighted by Crippen LogP contribution is 2.28. The lowest BCUT2D eigenvalue weighted by Gasteiger charge is -2.08. The average molecular weight is 321 g/mol. The van der Waals surface area contributed by atoms with Crippen LogP contribution in [0.15, 0.2) is 49.2 Å². The maximum absolute atomic E-state index is 12.0. The van der Waals surface area contributed by atoms with E-state index in [-0.39, 0.29) is 17.2 Å². The lowest BCUT2D eigenvalue weighted by molar-refractivity contribution is 0.0727. The van der Waals surface area contributed by atoms with Crippen molar-refractivity contribution in [2.24, 2.45) is 0 Å². The standard InChI is InChI=1S/C18H15N3O3/c1-11-5-14(6-12(2)17(11)22)13-3-4-16(21-7-13)18(23)24-15-8-19-10-20-9-15/h3-10,22H,1-2H3. The summed E-state index contributed by atoms with van der Waals surface area (Å²) in [5, 5.41) is 9.85. The number of phenolic OH excluding ortho intramolecular Hbond substituents is 1. The van der Waals surface area contributed by atoms with Crippen LogP contribution in [-0.4, -0.2) is 26.0 Å². The minimum absolute atomic E-state index is 0.190. The Morgan fingerprint density at radius 1 is 1.00 bits per heavy atom. The summed E-state index contributed by atoms with van der Waals surface area (Å²) in [4.78, 5) is 23.8. The molecule has 0 saturated heterocycles. The Bertz CT molecular complexity index is 855. The predicted molar refractivity (Wildman–Crippen MR) is 87.8 cm³/mol. The van der Waals surface area contributed by atoms with Gasteiger partial charge in [-0.05, 0) is 48.7 Å². The second kappa shape index (κ2) is 6.45. The number of aromatic hydroxyl groups is 1. The van der Waals surface area contributed by atoms with Crippen LogP contribution < -0.4 is 4.74 Å². The van der Waals surface area contributed by atoms with Gasteiger partial charge in [0.2, 0.25) is 0 Å². The minimum atomic E-state index is -0.575. The summed E-state index contributed by atoms with van der Waals surface area (Å²) in [5.74, 6) is -0.0236. The fourth-order valence-corrected chi connectivity index (χ4v) is 2.31. The number of hydrogen-bond donors (Lipinski definition) is 1. The van der Waals surface area contributed by atoms with E-state index >= 15 is 0 Å². The molecule has 0 aliphatic rings. The first-order chi connectivity index (χ1) is 11.5. The van der Waals surface area contributed by atoms with Gasteiger partial charge < -0.3 is 9.84 Å². The Kier molecular flexibility index (Phi) is 4.20. The molecule has 1 aromatic carbocycles. The van der Waals surface area contributed by atoms with Crippen molar-refractivity contribution < 1.29 is 14.6 Å². The lowest BCUT2D eigenvalue weighted by atomic mass is 10.0. The molecule has 0 spiro atoms. The normalized spacial score (nSPS) is 10.4. The molecule has 24 heavy (non-hydrogen) atoms. The summed E-state index contributed by atoms with van der Waals surface area (Å²) < 4.78 is 5.14. The molecule has 0 unspecified atom stereocenters. The van der Waals surface area contributed by atoms with Gasteiger partial charge in [0.15, 0.2) is 5.75 Å². The molecule has 0 atom stereocenters. The molecule has 120 valence electrons. The first-order valence-electron chi connectivity index (χ1n) is 7.28. The van der Waals surface area contributed by atoms with Crippen LogP contribution in [-0.2, 0) is 0 Å². The molecule has 3 rings (SSSR count). The van der Waals surface area contributed by atoms with E-state index in [9.17, 15) is 9.90 Å². The Morgan fingerprint density at radius 3 is 2.25 bits per heavy atom. The van der Waals surface area contributed by atoms with Crippen molar-refractivity contribution in [3.63, 3.8) is 0 Å². The van der Waals surface area contributed by atoms with E-state index in [0.717, 1.165) is 22.3 Å². The third kappa shape index (κ3) is 3.22. The quantitative estimate of drug-likeness (QED) is 0.746. The van der Waals surface area contributed by atoms with Gasteiger partial charge in [0, 0.05) is 11.8 Å². The molecule has 6 nitrogen and oxygen atoms in total. The lowest BCUT2D eigenvalue weighted by Crippen LogP contribution is -2.10. The van der Waals surface area contributed by atoms with Crippen molar-refractivity contribution in [2.45, 2.75) is 13.8 Å².